The highest BCUT2D eigenvalue weighted by atomic mass is 16.5. The van der Waals surface area contributed by atoms with Crippen LogP contribution in [-0.4, -0.2) is 43.8 Å². The highest BCUT2D eigenvalue weighted by Crippen LogP contribution is 2.21. The second kappa shape index (κ2) is 3.18. The van der Waals surface area contributed by atoms with Gasteiger partial charge in [-0.15, -0.1) is 0 Å². The van der Waals surface area contributed by atoms with E-state index in [0.29, 0.717) is 12.0 Å². The third-order valence-corrected chi connectivity index (χ3v) is 3.23. The Labute approximate surface area is 78.4 Å². The maximum Gasteiger partial charge on any atom is 0.409 e. The van der Waals surface area contributed by atoms with Gasteiger partial charge in [0.05, 0.1) is 26.2 Å². The number of likely N-dealkylation sites (tertiary alicyclic amines) is 2. The van der Waals surface area contributed by atoms with Crippen molar-refractivity contribution in [3.8, 4) is 0 Å². The van der Waals surface area contributed by atoms with Crippen molar-refractivity contribution >= 4 is 6.09 Å². The van der Waals surface area contributed by atoms with Gasteiger partial charge < -0.3 is 14.5 Å². The van der Waals surface area contributed by atoms with E-state index in [2.05, 4.69) is 7.05 Å². The van der Waals surface area contributed by atoms with Crippen molar-refractivity contribution < 1.29 is 14.4 Å². The molecule has 0 bridgehead atoms. The van der Waals surface area contributed by atoms with Crippen molar-refractivity contribution in [2.75, 3.05) is 26.7 Å². The highest BCUT2D eigenvalue weighted by Gasteiger charge is 2.42. The van der Waals surface area contributed by atoms with E-state index in [1.807, 2.05) is 0 Å². The number of nitrogens with zero attached hydrogens (tertiary/aromatic N) is 1. The summed E-state index contributed by atoms with van der Waals surface area (Å²) in [5, 5.41) is 0. The first-order valence-electron chi connectivity index (χ1n) is 4.73. The predicted molar refractivity (Wildman–Crippen MR) is 47.1 cm³/mol. The second-order valence-electron chi connectivity index (χ2n) is 3.94. The lowest BCUT2D eigenvalue weighted by molar-refractivity contribution is -0.866. The molecule has 74 valence electrons. The zero-order valence-electron chi connectivity index (χ0n) is 7.95. The number of quaternary nitrogens is 1. The Balaban J connectivity index is 1.98. The minimum Gasteiger partial charge on any atom is -0.464 e. The van der Waals surface area contributed by atoms with Gasteiger partial charge in [-0.25, -0.2) is 4.79 Å². The Morgan fingerprint density at radius 2 is 2.38 bits per heavy atom. The zero-order chi connectivity index (χ0) is 9.42. The second-order valence-corrected chi connectivity index (χ2v) is 3.94. The quantitative estimate of drug-likeness (QED) is 0.497. The highest BCUT2D eigenvalue weighted by molar-refractivity contribution is 5.67. The van der Waals surface area contributed by atoms with Gasteiger partial charge in [-0.1, -0.05) is 0 Å². The topological polar surface area (TPSA) is 34.0 Å². The fourth-order valence-corrected chi connectivity index (χ4v) is 2.46. The standard InChI is InChI=1S/C9H16N2O2/c1-10-4-3-7-5-11(6-8(7)10)9(12)13-2/h7-8,10H,1,3-6H2,2H3/t7-,8+/m0/s1. The van der Waals surface area contributed by atoms with Gasteiger partial charge in [0.2, 0.25) is 0 Å². The number of carbonyl (C=O) groups is 1. The van der Waals surface area contributed by atoms with Crippen LogP contribution in [0.2, 0.25) is 0 Å². The number of hydrogen-bond acceptors (Lipinski definition) is 2. The van der Waals surface area contributed by atoms with E-state index in [1.54, 1.807) is 4.90 Å². The van der Waals surface area contributed by atoms with Gasteiger partial charge in [-0.3, -0.25) is 0 Å². The summed E-state index contributed by atoms with van der Waals surface area (Å²) < 4.78 is 4.69. The number of ether oxygens (including phenoxy) is 1. The smallest absolute Gasteiger partial charge is 0.409 e. The molecule has 0 aromatic carbocycles. The van der Waals surface area contributed by atoms with E-state index in [9.17, 15) is 4.79 Å². The number of hydrogen-bond donors (Lipinski definition) is 1. The molecule has 0 radical (unpaired) electrons. The van der Waals surface area contributed by atoms with Crippen molar-refractivity contribution in [1.29, 1.82) is 0 Å². The van der Waals surface area contributed by atoms with Crippen LogP contribution < -0.4 is 4.90 Å². The summed E-state index contributed by atoms with van der Waals surface area (Å²) in [5.74, 6) is 0.645. The zero-order valence-corrected chi connectivity index (χ0v) is 7.95. The van der Waals surface area contributed by atoms with E-state index >= 15 is 0 Å². The first-order chi connectivity index (χ1) is 6.22. The first kappa shape index (κ1) is 8.81. The summed E-state index contributed by atoms with van der Waals surface area (Å²) in [6.45, 7) is 2.82. The molecule has 0 aromatic heterocycles. The van der Waals surface area contributed by atoms with Crippen LogP contribution in [0.15, 0.2) is 0 Å². The lowest BCUT2D eigenvalue weighted by atomic mass is 10.1. The van der Waals surface area contributed by atoms with Gasteiger partial charge in [0, 0.05) is 18.9 Å². The Morgan fingerprint density at radius 3 is 3.00 bits per heavy atom. The predicted octanol–water partition coefficient (Wildman–Crippen LogP) is -0.867. The summed E-state index contributed by atoms with van der Waals surface area (Å²) in [4.78, 5) is 14.3. The number of methoxy groups -OCH3 is 1. The van der Waals surface area contributed by atoms with Crippen LogP contribution in [0.4, 0.5) is 4.79 Å². The normalized spacial score (nSPS) is 37.7. The molecule has 3 atom stereocenters. The molecule has 4 heteroatoms. The molecule has 0 spiro atoms. The number of carbonyl (C=O) groups excluding carboxylic acids is 1. The average Bonchev–Trinajstić information content (AvgIpc) is 2.67. The Bertz CT molecular complexity index is 220. The van der Waals surface area contributed by atoms with Crippen molar-refractivity contribution in [2.45, 2.75) is 12.5 Å². The van der Waals surface area contributed by atoms with Crippen LogP contribution in [0.3, 0.4) is 0 Å². The Morgan fingerprint density at radius 1 is 1.62 bits per heavy atom. The third kappa shape index (κ3) is 1.39. The van der Waals surface area contributed by atoms with Crippen LogP contribution in [0, 0.1) is 13.0 Å². The van der Waals surface area contributed by atoms with Crippen LogP contribution >= 0.6 is 0 Å². The molecule has 1 N–H and O–H groups in total. The molecule has 1 unspecified atom stereocenters. The summed E-state index contributed by atoms with van der Waals surface area (Å²) in [7, 11) is 5.47. The lowest BCUT2D eigenvalue weighted by Crippen LogP contribution is -3.09. The van der Waals surface area contributed by atoms with Gasteiger partial charge >= 0.3 is 6.09 Å². The van der Waals surface area contributed by atoms with Gasteiger partial charge in [-0.05, 0) is 0 Å². The van der Waals surface area contributed by atoms with E-state index in [1.165, 1.54) is 18.4 Å². The molecule has 4 nitrogen and oxygen atoms in total. The number of nitrogens with one attached hydrogen (secondary N) is 1. The maximum atomic E-state index is 11.2. The number of rotatable bonds is 0. The van der Waals surface area contributed by atoms with E-state index in [-0.39, 0.29) is 6.09 Å². The first-order valence-corrected chi connectivity index (χ1v) is 4.73. The molecule has 13 heavy (non-hydrogen) atoms. The van der Waals surface area contributed by atoms with Crippen LogP contribution in [0.1, 0.15) is 6.42 Å². The molecule has 2 aliphatic heterocycles. The van der Waals surface area contributed by atoms with Crippen LogP contribution in [0.5, 0.6) is 0 Å². The van der Waals surface area contributed by atoms with Crippen LogP contribution in [-0.2, 0) is 4.74 Å². The minimum atomic E-state index is -0.192. The van der Waals surface area contributed by atoms with Crippen molar-refractivity contribution in [3.63, 3.8) is 0 Å². The lowest BCUT2D eigenvalue weighted by Gasteiger charge is -2.22. The Hall–Kier alpha value is -0.770. The van der Waals surface area contributed by atoms with E-state index in [0.717, 1.165) is 19.6 Å². The van der Waals surface area contributed by atoms with Gasteiger partial charge in [0.15, 0.2) is 0 Å². The number of amides is 1. The third-order valence-electron chi connectivity index (χ3n) is 3.23. The molecule has 0 saturated carbocycles. The van der Waals surface area contributed by atoms with Crippen molar-refractivity contribution in [2.24, 2.45) is 5.92 Å². The van der Waals surface area contributed by atoms with E-state index < -0.39 is 0 Å². The van der Waals surface area contributed by atoms with Gasteiger partial charge in [0.1, 0.15) is 0 Å². The molecule has 2 saturated heterocycles. The van der Waals surface area contributed by atoms with Gasteiger partial charge in [-0.2, -0.15) is 7.05 Å². The molecule has 2 aliphatic rings. The SMILES string of the molecule is [CH2-][NH+]1CC[C@H]2CN(C(=O)OC)C[C@H]21. The van der Waals surface area contributed by atoms with E-state index in [4.69, 9.17) is 4.74 Å². The average molecular weight is 184 g/mol. The molecule has 2 heterocycles. The summed E-state index contributed by atoms with van der Waals surface area (Å²) in [5.41, 5.74) is 0. The maximum absolute atomic E-state index is 11.2. The summed E-state index contributed by atoms with van der Waals surface area (Å²) >= 11 is 0. The molecule has 1 amide bonds. The van der Waals surface area contributed by atoms with Gasteiger partial charge in [0.25, 0.3) is 0 Å². The largest absolute Gasteiger partial charge is 0.464 e. The fraction of sp³-hybridized carbons (Fsp3) is 0.778. The van der Waals surface area contributed by atoms with Crippen molar-refractivity contribution in [3.05, 3.63) is 7.05 Å². The fourth-order valence-electron chi connectivity index (χ4n) is 2.46. The Kier molecular flexibility index (Phi) is 2.15. The molecule has 2 fully saturated rings. The molecular formula is C9H16N2O2. The van der Waals surface area contributed by atoms with Crippen molar-refractivity contribution in [1.82, 2.24) is 4.90 Å². The molecule has 0 aliphatic carbocycles. The number of fused-ring (bicyclic) bond motifs is 1. The molecular weight excluding hydrogens is 168 g/mol. The molecule has 0 aromatic rings. The molecule has 2 rings (SSSR count). The summed E-state index contributed by atoms with van der Waals surface area (Å²) in [6, 6.07) is 0.541. The van der Waals surface area contributed by atoms with Crippen LogP contribution in [0.25, 0.3) is 0 Å². The monoisotopic (exact) mass is 184 g/mol. The minimum absolute atomic E-state index is 0.192. The summed E-state index contributed by atoms with van der Waals surface area (Å²) in [6.07, 6.45) is 0.999.